The summed E-state index contributed by atoms with van der Waals surface area (Å²) in [5.41, 5.74) is 1.70. The second kappa shape index (κ2) is 12.7. The number of ether oxygens (including phenoxy) is 1. The third-order valence-corrected chi connectivity index (χ3v) is 8.88. The van der Waals surface area contributed by atoms with Crippen molar-refractivity contribution in [3.8, 4) is 0 Å². The third kappa shape index (κ3) is 6.48. The number of rotatable bonds is 10. The van der Waals surface area contributed by atoms with Gasteiger partial charge in [-0.1, -0.05) is 26.0 Å². The van der Waals surface area contributed by atoms with Crippen LogP contribution in [-0.4, -0.2) is 84.1 Å². The molecule has 2 aliphatic rings. The van der Waals surface area contributed by atoms with Gasteiger partial charge >= 0.3 is 0 Å². The summed E-state index contributed by atoms with van der Waals surface area (Å²) >= 11 is 0. The van der Waals surface area contributed by atoms with Crippen molar-refractivity contribution in [2.24, 2.45) is 14.1 Å². The lowest BCUT2D eigenvalue weighted by molar-refractivity contribution is -0.130. The van der Waals surface area contributed by atoms with Crippen molar-refractivity contribution in [2.45, 2.75) is 70.8 Å². The molecule has 1 spiro atoms. The highest BCUT2D eigenvalue weighted by atomic mass is 16.5. The summed E-state index contributed by atoms with van der Waals surface area (Å²) in [6.45, 7) is 10.8. The Morgan fingerprint density at radius 1 is 0.925 bits per heavy atom. The van der Waals surface area contributed by atoms with Crippen LogP contribution < -0.4 is 0 Å². The third-order valence-electron chi connectivity index (χ3n) is 8.88. The predicted octanol–water partition coefficient (Wildman–Crippen LogP) is 3.85. The summed E-state index contributed by atoms with van der Waals surface area (Å²) in [6, 6.07) is 8.79. The van der Waals surface area contributed by atoms with Crippen molar-refractivity contribution >= 4 is 5.91 Å². The number of hydrogen-bond donors (Lipinski definition) is 0. The van der Waals surface area contributed by atoms with Gasteiger partial charge in [-0.25, -0.2) is 9.97 Å². The van der Waals surface area contributed by atoms with Crippen LogP contribution in [0.2, 0.25) is 0 Å². The number of imidazole rings is 2. The van der Waals surface area contributed by atoms with Gasteiger partial charge in [0.15, 0.2) is 0 Å². The van der Waals surface area contributed by atoms with Gasteiger partial charge in [0.05, 0.1) is 31.8 Å². The topological polar surface area (TPSA) is 71.7 Å². The SMILES string of the molecule is CCC(CC)N1CCC2(CC1)CN(C(=O)c1ccc(CN(Cc3nccn3C)Cc3nccn3C)cc1)CCO2. The van der Waals surface area contributed by atoms with Gasteiger partial charge < -0.3 is 23.7 Å². The van der Waals surface area contributed by atoms with Crippen molar-refractivity contribution in [3.05, 3.63) is 71.8 Å². The first-order valence-electron chi connectivity index (χ1n) is 14.8. The number of amides is 1. The first-order valence-corrected chi connectivity index (χ1v) is 14.8. The van der Waals surface area contributed by atoms with Crippen molar-refractivity contribution in [1.29, 1.82) is 0 Å². The molecular weight excluding hydrogens is 502 g/mol. The van der Waals surface area contributed by atoms with Crippen LogP contribution in [0.1, 0.15) is 67.1 Å². The molecule has 5 rings (SSSR count). The second-order valence-electron chi connectivity index (χ2n) is 11.5. The van der Waals surface area contributed by atoms with E-state index in [2.05, 4.69) is 54.9 Å². The Balaban J connectivity index is 1.22. The number of morpholine rings is 1. The van der Waals surface area contributed by atoms with E-state index in [-0.39, 0.29) is 11.5 Å². The van der Waals surface area contributed by atoms with Crippen LogP contribution in [0.4, 0.5) is 0 Å². The van der Waals surface area contributed by atoms with Gasteiger partial charge in [-0.15, -0.1) is 0 Å². The Bertz CT molecular complexity index is 1200. The maximum absolute atomic E-state index is 13.6. The van der Waals surface area contributed by atoms with Crippen molar-refractivity contribution in [2.75, 3.05) is 32.8 Å². The van der Waals surface area contributed by atoms with Gasteiger partial charge in [-0.3, -0.25) is 9.69 Å². The molecule has 1 aromatic carbocycles. The molecule has 0 saturated carbocycles. The van der Waals surface area contributed by atoms with Crippen LogP contribution >= 0.6 is 0 Å². The first kappa shape index (κ1) is 28.5. The zero-order chi connectivity index (χ0) is 28.1. The van der Waals surface area contributed by atoms with E-state index in [1.165, 1.54) is 12.8 Å². The van der Waals surface area contributed by atoms with Crippen molar-refractivity contribution in [3.63, 3.8) is 0 Å². The summed E-state index contributed by atoms with van der Waals surface area (Å²) in [5, 5.41) is 0. The number of likely N-dealkylation sites (tertiary alicyclic amines) is 1. The van der Waals surface area contributed by atoms with Crippen LogP contribution in [0.3, 0.4) is 0 Å². The molecule has 9 nitrogen and oxygen atoms in total. The van der Waals surface area contributed by atoms with Crippen molar-refractivity contribution in [1.82, 2.24) is 33.8 Å². The Kier molecular flexibility index (Phi) is 9.03. The highest BCUT2D eigenvalue weighted by Crippen LogP contribution is 2.32. The summed E-state index contributed by atoms with van der Waals surface area (Å²) in [5.74, 6) is 2.12. The molecular formula is C31H45N7O2. The minimum atomic E-state index is -0.202. The number of aromatic nitrogens is 4. The summed E-state index contributed by atoms with van der Waals surface area (Å²) in [7, 11) is 4.04. The predicted molar refractivity (Wildman–Crippen MR) is 156 cm³/mol. The van der Waals surface area contributed by atoms with E-state index in [9.17, 15) is 4.79 Å². The maximum atomic E-state index is 13.6. The lowest BCUT2D eigenvalue weighted by atomic mass is 9.88. The highest BCUT2D eigenvalue weighted by molar-refractivity contribution is 5.94. The zero-order valence-electron chi connectivity index (χ0n) is 24.6. The van der Waals surface area contributed by atoms with E-state index in [0.717, 1.165) is 55.3 Å². The molecule has 40 heavy (non-hydrogen) atoms. The number of hydrogen-bond acceptors (Lipinski definition) is 6. The lowest BCUT2D eigenvalue weighted by Gasteiger charge is -2.48. The number of benzene rings is 1. The minimum Gasteiger partial charge on any atom is -0.371 e. The van der Waals surface area contributed by atoms with Crippen LogP contribution in [0, 0.1) is 0 Å². The van der Waals surface area contributed by atoms with Crippen LogP contribution in [0.5, 0.6) is 0 Å². The number of piperidine rings is 1. The Labute approximate surface area is 238 Å². The van der Waals surface area contributed by atoms with Crippen LogP contribution in [0.25, 0.3) is 0 Å². The molecule has 216 valence electrons. The molecule has 4 heterocycles. The number of aryl methyl sites for hydroxylation is 2. The van der Waals surface area contributed by atoms with E-state index < -0.39 is 0 Å². The fourth-order valence-corrected chi connectivity index (χ4v) is 6.28. The molecule has 1 amide bonds. The Hall–Kier alpha value is -3.01. The molecule has 0 radical (unpaired) electrons. The van der Waals surface area contributed by atoms with Crippen LogP contribution in [0.15, 0.2) is 49.1 Å². The summed E-state index contributed by atoms with van der Waals surface area (Å²) in [4.78, 5) is 29.6. The molecule has 3 aromatic rings. The van der Waals surface area contributed by atoms with E-state index in [4.69, 9.17) is 4.74 Å². The second-order valence-corrected chi connectivity index (χ2v) is 11.5. The van der Waals surface area contributed by atoms with Gasteiger partial charge in [0.25, 0.3) is 5.91 Å². The Morgan fingerprint density at radius 2 is 1.52 bits per heavy atom. The standard InChI is InChI=1S/C31H45N7O2/c1-5-27(6-2)37-15-11-31(12-16-37)24-38(19-20-40-31)30(39)26-9-7-25(8-10-26)21-36(22-28-32-13-17-34(28)3)23-29-33-14-18-35(29)4/h7-10,13-14,17-18,27H,5-6,11-12,15-16,19-24H2,1-4H3. The number of carbonyl (C=O) groups excluding carboxylic acids is 1. The van der Waals surface area contributed by atoms with Crippen LogP contribution in [-0.2, 0) is 38.5 Å². The maximum Gasteiger partial charge on any atom is 0.254 e. The quantitative estimate of drug-likeness (QED) is 0.384. The van der Waals surface area contributed by atoms with Gasteiger partial charge in [0, 0.05) is 76.7 Å². The fourth-order valence-electron chi connectivity index (χ4n) is 6.28. The minimum absolute atomic E-state index is 0.106. The fraction of sp³-hybridized carbons (Fsp3) is 0.581. The number of nitrogens with zero attached hydrogens (tertiary/aromatic N) is 7. The smallest absolute Gasteiger partial charge is 0.254 e. The van der Waals surface area contributed by atoms with E-state index in [1.54, 1.807) is 0 Å². The molecule has 0 N–H and O–H groups in total. The van der Waals surface area contributed by atoms with Gasteiger partial charge in [-0.05, 0) is 43.4 Å². The summed E-state index contributed by atoms with van der Waals surface area (Å²) in [6.07, 6.45) is 12.0. The molecule has 0 aliphatic carbocycles. The van der Waals surface area contributed by atoms with Gasteiger partial charge in [0.2, 0.25) is 0 Å². The molecule has 2 fully saturated rings. The average molecular weight is 548 g/mol. The van der Waals surface area contributed by atoms with Gasteiger partial charge in [-0.2, -0.15) is 0 Å². The van der Waals surface area contributed by atoms with E-state index >= 15 is 0 Å². The number of carbonyl (C=O) groups is 1. The van der Waals surface area contributed by atoms with Gasteiger partial charge in [0.1, 0.15) is 11.6 Å². The molecule has 2 aliphatic heterocycles. The monoisotopic (exact) mass is 547 g/mol. The molecule has 2 saturated heterocycles. The van der Waals surface area contributed by atoms with E-state index in [0.29, 0.717) is 38.8 Å². The molecule has 0 bridgehead atoms. The molecule has 0 unspecified atom stereocenters. The normalized spacial score (nSPS) is 17.8. The molecule has 9 heteroatoms. The first-order chi connectivity index (χ1) is 19.4. The van der Waals surface area contributed by atoms with E-state index in [1.807, 2.05) is 55.9 Å². The average Bonchev–Trinajstić information content (AvgIpc) is 3.57. The Morgan fingerprint density at radius 3 is 2.05 bits per heavy atom. The largest absolute Gasteiger partial charge is 0.371 e. The summed E-state index contributed by atoms with van der Waals surface area (Å²) < 4.78 is 10.5. The molecule has 2 aromatic heterocycles. The highest BCUT2D eigenvalue weighted by Gasteiger charge is 2.41. The molecule has 0 atom stereocenters. The zero-order valence-corrected chi connectivity index (χ0v) is 24.6. The van der Waals surface area contributed by atoms with Crippen molar-refractivity contribution < 1.29 is 9.53 Å². The lowest BCUT2D eigenvalue weighted by Crippen LogP contribution is -2.58.